The number of allylic oxidation sites excluding steroid dienone is 2. The van der Waals surface area contributed by atoms with Gasteiger partial charge in [-0.25, -0.2) is 0 Å². The molecule has 0 radical (unpaired) electrons. The number of fused-ring (bicyclic) bond motifs is 3. The van der Waals surface area contributed by atoms with Crippen LogP contribution in [0.3, 0.4) is 0 Å². The molecule has 4 atom stereocenters. The minimum Gasteiger partial charge on any atom is -0.507 e. The second-order valence-corrected chi connectivity index (χ2v) is 11.2. The van der Waals surface area contributed by atoms with Crippen molar-refractivity contribution in [3.63, 3.8) is 0 Å². The lowest BCUT2D eigenvalue weighted by Crippen LogP contribution is -2.46. The molecule has 2 fully saturated rings. The third kappa shape index (κ3) is 5.10. The summed E-state index contributed by atoms with van der Waals surface area (Å²) in [5.41, 5.74) is 6.97. The van der Waals surface area contributed by atoms with Gasteiger partial charge in [0.05, 0.1) is 23.6 Å². The summed E-state index contributed by atoms with van der Waals surface area (Å²) < 4.78 is 6.14. The Kier molecular flexibility index (Phi) is 7.83. The van der Waals surface area contributed by atoms with Crippen molar-refractivity contribution in [1.82, 2.24) is 0 Å². The van der Waals surface area contributed by atoms with E-state index in [0.29, 0.717) is 30.6 Å². The number of rotatable bonds is 7. The Hall–Kier alpha value is -3.16. The lowest BCUT2D eigenvalue weighted by molar-refractivity contribution is -0.122. The van der Waals surface area contributed by atoms with Crippen LogP contribution in [0.1, 0.15) is 62.6 Å². The van der Waals surface area contributed by atoms with E-state index in [2.05, 4.69) is 19.9 Å². The minimum atomic E-state index is -0.967. The maximum Gasteiger partial charge on any atom is 0.455 e. The van der Waals surface area contributed by atoms with Crippen LogP contribution in [-0.2, 0) is 14.2 Å². The highest BCUT2D eigenvalue weighted by atomic mass is 16.5. The van der Waals surface area contributed by atoms with Crippen LogP contribution in [0.15, 0.2) is 59.2 Å². The van der Waals surface area contributed by atoms with Crippen molar-refractivity contribution >= 4 is 30.7 Å². The highest BCUT2D eigenvalue weighted by Gasteiger charge is 2.57. The molecule has 2 N–H and O–H groups in total. The summed E-state index contributed by atoms with van der Waals surface area (Å²) in [7, 11) is -0.967. The molecule has 0 saturated carbocycles. The Morgan fingerprint density at radius 1 is 1.08 bits per heavy atom. The Labute approximate surface area is 231 Å². The molecule has 2 aromatic rings. The zero-order valence-electron chi connectivity index (χ0n) is 23.3. The van der Waals surface area contributed by atoms with Crippen LogP contribution in [0, 0.1) is 31.6 Å². The number of aryl methyl sites for hydroxylation is 2. The molecule has 7 heteroatoms. The fraction of sp³-hybridized carbons (Fsp3) is 0.438. The number of aromatic hydroxyl groups is 1. The van der Waals surface area contributed by atoms with Gasteiger partial charge in [0.25, 0.3) is 0 Å². The van der Waals surface area contributed by atoms with Gasteiger partial charge in [0, 0.05) is 0 Å². The molecule has 2 saturated heterocycles. The zero-order chi connectivity index (χ0) is 27.8. The van der Waals surface area contributed by atoms with Crippen molar-refractivity contribution in [2.45, 2.75) is 72.2 Å². The number of hydrogen-bond acceptors (Lipinski definition) is 5. The first-order valence-electron chi connectivity index (χ1n) is 14.2. The average Bonchev–Trinajstić information content (AvgIpc) is 3.18. The number of hydrogen-bond donors (Lipinski definition) is 2. The van der Waals surface area contributed by atoms with Crippen molar-refractivity contribution in [2.24, 2.45) is 17.8 Å². The van der Waals surface area contributed by atoms with E-state index in [1.165, 1.54) is 16.0 Å². The number of amides is 2. The standard InChI is InChI=1S/C32H38BNO5/c1-5-21(16-22-14-19(3)30(35)20(4)15-22)12-13-27-28-23(6-2)17-25-29(26(28)18-33(38)39-27)32(37)34(31(25)36)24-10-8-7-9-11-24/h7-11,14-16,25-27,29,35,38H,5-6,12-13,17-18H2,1-4H3/b21-16+/t25-,26+,27-,29-/m1/s1. The normalized spacial score (nSPS) is 25.3. The summed E-state index contributed by atoms with van der Waals surface area (Å²) in [6.07, 6.45) is 5.95. The minimum absolute atomic E-state index is 0.130. The Morgan fingerprint density at radius 3 is 2.41 bits per heavy atom. The molecule has 0 bridgehead atoms. The van der Waals surface area contributed by atoms with Crippen LogP contribution < -0.4 is 4.90 Å². The van der Waals surface area contributed by atoms with E-state index < -0.39 is 13.0 Å². The molecule has 2 aromatic carbocycles. The molecule has 1 aliphatic carbocycles. The van der Waals surface area contributed by atoms with Crippen LogP contribution in [0.2, 0.25) is 6.32 Å². The molecular formula is C32H38BNO5. The average molecular weight is 527 g/mol. The number of benzene rings is 2. The predicted molar refractivity (Wildman–Crippen MR) is 154 cm³/mol. The second kappa shape index (κ2) is 11.1. The third-order valence-electron chi connectivity index (χ3n) is 8.82. The summed E-state index contributed by atoms with van der Waals surface area (Å²) in [4.78, 5) is 28.6. The number of para-hydroxylation sites is 1. The van der Waals surface area contributed by atoms with E-state index >= 15 is 0 Å². The van der Waals surface area contributed by atoms with Crippen molar-refractivity contribution in [3.05, 3.63) is 75.9 Å². The molecule has 6 nitrogen and oxygen atoms in total. The van der Waals surface area contributed by atoms with Crippen molar-refractivity contribution < 1.29 is 24.4 Å². The smallest absolute Gasteiger partial charge is 0.455 e. The monoisotopic (exact) mass is 527 g/mol. The van der Waals surface area contributed by atoms with Gasteiger partial charge in [-0.15, -0.1) is 0 Å². The van der Waals surface area contributed by atoms with E-state index in [1.54, 1.807) is 12.1 Å². The van der Waals surface area contributed by atoms with Gasteiger partial charge >= 0.3 is 7.12 Å². The molecule has 2 amide bonds. The van der Waals surface area contributed by atoms with Crippen LogP contribution in [-0.4, -0.2) is 35.2 Å². The molecule has 204 valence electrons. The summed E-state index contributed by atoms with van der Waals surface area (Å²) in [5.74, 6) is -1.01. The van der Waals surface area contributed by atoms with Gasteiger partial charge in [-0.05, 0) is 105 Å². The lowest BCUT2D eigenvalue weighted by Gasteiger charge is -2.43. The van der Waals surface area contributed by atoms with Crippen molar-refractivity contribution in [2.75, 3.05) is 4.90 Å². The lowest BCUT2D eigenvalue weighted by atomic mass is 9.58. The quantitative estimate of drug-likeness (QED) is 0.262. The maximum atomic E-state index is 13.7. The van der Waals surface area contributed by atoms with Gasteiger partial charge in [0.1, 0.15) is 5.75 Å². The van der Waals surface area contributed by atoms with Gasteiger partial charge in [-0.3, -0.25) is 14.5 Å². The van der Waals surface area contributed by atoms with Gasteiger partial charge in [-0.1, -0.05) is 49.3 Å². The van der Waals surface area contributed by atoms with E-state index in [0.717, 1.165) is 41.5 Å². The zero-order valence-corrected chi connectivity index (χ0v) is 23.3. The molecule has 3 aliphatic rings. The summed E-state index contributed by atoms with van der Waals surface area (Å²) >= 11 is 0. The number of imide groups is 1. The molecule has 2 heterocycles. The van der Waals surface area contributed by atoms with Gasteiger partial charge < -0.3 is 14.8 Å². The van der Waals surface area contributed by atoms with Crippen LogP contribution in [0.25, 0.3) is 6.08 Å². The van der Waals surface area contributed by atoms with Gasteiger partial charge in [0.2, 0.25) is 11.8 Å². The molecule has 39 heavy (non-hydrogen) atoms. The Morgan fingerprint density at radius 2 is 1.77 bits per heavy atom. The molecule has 0 aromatic heterocycles. The van der Waals surface area contributed by atoms with Crippen LogP contribution in [0.4, 0.5) is 5.69 Å². The first-order valence-corrected chi connectivity index (χ1v) is 14.2. The van der Waals surface area contributed by atoms with E-state index in [-0.39, 0.29) is 29.8 Å². The molecule has 0 unspecified atom stereocenters. The largest absolute Gasteiger partial charge is 0.507 e. The fourth-order valence-electron chi connectivity index (χ4n) is 6.91. The van der Waals surface area contributed by atoms with Crippen molar-refractivity contribution in [3.8, 4) is 5.75 Å². The van der Waals surface area contributed by atoms with E-state index in [9.17, 15) is 19.7 Å². The topological polar surface area (TPSA) is 87.1 Å². The van der Waals surface area contributed by atoms with Crippen molar-refractivity contribution in [1.29, 1.82) is 0 Å². The third-order valence-corrected chi connectivity index (χ3v) is 8.82. The molecule has 5 rings (SSSR count). The summed E-state index contributed by atoms with van der Waals surface area (Å²) in [5, 5.41) is 20.9. The number of phenolic OH excluding ortho intramolecular Hbond substituents is 1. The summed E-state index contributed by atoms with van der Waals surface area (Å²) in [6.45, 7) is 8.05. The number of anilines is 1. The molecular weight excluding hydrogens is 489 g/mol. The van der Waals surface area contributed by atoms with Gasteiger partial charge in [0.15, 0.2) is 0 Å². The van der Waals surface area contributed by atoms with E-state index in [1.807, 2.05) is 44.2 Å². The first kappa shape index (κ1) is 27.4. The number of nitrogens with zero attached hydrogens (tertiary/aromatic N) is 1. The maximum absolute atomic E-state index is 13.7. The Bertz CT molecular complexity index is 1310. The highest BCUT2D eigenvalue weighted by molar-refractivity contribution is 6.43. The fourth-order valence-corrected chi connectivity index (χ4v) is 6.91. The Balaban J connectivity index is 1.42. The van der Waals surface area contributed by atoms with Gasteiger partial charge in [-0.2, -0.15) is 0 Å². The number of phenols is 1. The van der Waals surface area contributed by atoms with Crippen LogP contribution >= 0.6 is 0 Å². The number of carbonyl (C=O) groups excluding carboxylic acids is 2. The summed E-state index contributed by atoms with van der Waals surface area (Å²) in [6, 6.07) is 13.2. The van der Waals surface area contributed by atoms with E-state index in [4.69, 9.17) is 4.65 Å². The number of carbonyl (C=O) groups is 2. The molecule has 0 spiro atoms. The highest BCUT2D eigenvalue weighted by Crippen LogP contribution is 2.51. The molecule has 2 aliphatic heterocycles. The first-order chi connectivity index (χ1) is 18.7. The predicted octanol–water partition coefficient (Wildman–Crippen LogP) is 5.99. The van der Waals surface area contributed by atoms with Crippen LogP contribution in [0.5, 0.6) is 5.75 Å². The SMILES string of the molecule is CCC1=C2[C@@H](CC/C(=C/c3cc(C)c(O)c(C)c3)CC)OB(O)C[C@@H]2[C@@H]2C(=O)N(c3ccccc3)C(=O)[C@@H]2C1. The second-order valence-electron chi connectivity index (χ2n) is 11.2.